The fourth-order valence-electron chi connectivity index (χ4n) is 2.30. The molecule has 1 aliphatic rings. The van der Waals surface area contributed by atoms with Gasteiger partial charge in [-0.2, -0.15) is 0 Å². The smallest absolute Gasteiger partial charge is 0.266 e. The van der Waals surface area contributed by atoms with Crippen LogP contribution in [0.5, 0.6) is 0 Å². The minimum atomic E-state index is -1.19. The molecule has 1 aromatic heterocycles. The van der Waals surface area contributed by atoms with Crippen molar-refractivity contribution in [3.8, 4) is 0 Å². The van der Waals surface area contributed by atoms with Crippen LogP contribution in [0.1, 0.15) is 17.2 Å². The summed E-state index contributed by atoms with van der Waals surface area (Å²) in [6.07, 6.45) is -0.146. The number of halogens is 1. The summed E-state index contributed by atoms with van der Waals surface area (Å²) >= 11 is 0. The molecule has 2 aromatic rings. The molecule has 3 rings (SSSR count). The second-order valence-corrected chi connectivity index (χ2v) is 4.42. The average molecular weight is 258 g/mol. The molecule has 0 aliphatic carbocycles. The van der Waals surface area contributed by atoms with Gasteiger partial charge in [0.25, 0.3) is 5.91 Å². The van der Waals surface area contributed by atoms with Crippen LogP contribution < -0.4 is 4.90 Å². The normalized spacial score (nSPS) is 17.7. The summed E-state index contributed by atoms with van der Waals surface area (Å²) in [4.78, 5) is 17.4. The van der Waals surface area contributed by atoms with Gasteiger partial charge in [0.1, 0.15) is 11.6 Å². The van der Waals surface area contributed by atoms with Gasteiger partial charge in [-0.1, -0.05) is 18.2 Å². The topological polar surface area (TPSA) is 53.4 Å². The average Bonchev–Trinajstić information content (AvgIpc) is 2.66. The SMILES string of the molecule is Cc1cccc2c1N(c1ccc(F)cn1)C(=O)C2O. The molecule has 1 aromatic carbocycles. The van der Waals surface area contributed by atoms with Crippen molar-refractivity contribution in [2.45, 2.75) is 13.0 Å². The molecule has 19 heavy (non-hydrogen) atoms. The summed E-state index contributed by atoms with van der Waals surface area (Å²) < 4.78 is 12.9. The van der Waals surface area contributed by atoms with Crippen LogP contribution in [0.15, 0.2) is 36.5 Å². The molecule has 1 N–H and O–H groups in total. The molecule has 1 atom stereocenters. The molecular formula is C14H11FN2O2. The maximum Gasteiger partial charge on any atom is 0.266 e. The Labute approximate surface area is 109 Å². The third-order valence-electron chi connectivity index (χ3n) is 3.18. The molecule has 96 valence electrons. The number of rotatable bonds is 1. The lowest BCUT2D eigenvalue weighted by atomic mass is 10.1. The van der Waals surface area contributed by atoms with Gasteiger partial charge in [0.15, 0.2) is 6.10 Å². The largest absolute Gasteiger partial charge is 0.378 e. The van der Waals surface area contributed by atoms with E-state index in [4.69, 9.17) is 0 Å². The van der Waals surface area contributed by atoms with E-state index in [0.717, 1.165) is 11.8 Å². The Morgan fingerprint density at radius 2 is 2.11 bits per heavy atom. The predicted octanol–water partition coefficient (Wildman–Crippen LogP) is 2.24. The summed E-state index contributed by atoms with van der Waals surface area (Å²) in [6.45, 7) is 1.85. The molecule has 0 fully saturated rings. The van der Waals surface area contributed by atoms with E-state index in [0.29, 0.717) is 17.1 Å². The van der Waals surface area contributed by atoms with Crippen molar-refractivity contribution in [2.24, 2.45) is 0 Å². The third kappa shape index (κ3) is 1.70. The van der Waals surface area contributed by atoms with Gasteiger partial charge >= 0.3 is 0 Å². The van der Waals surface area contributed by atoms with Crippen molar-refractivity contribution < 1.29 is 14.3 Å². The number of hydrogen-bond acceptors (Lipinski definition) is 3. The molecule has 0 saturated heterocycles. The van der Waals surface area contributed by atoms with Gasteiger partial charge in [-0.15, -0.1) is 0 Å². The van der Waals surface area contributed by atoms with Gasteiger partial charge in [-0.3, -0.25) is 9.69 Å². The van der Waals surface area contributed by atoms with Crippen LogP contribution in [-0.2, 0) is 4.79 Å². The van der Waals surface area contributed by atoms with Crippen molar-refractivity contribution in [3.63, 3.8) is 0 Å². The zero-order valence-electron chi connectivity index (χ0n) is 10.2. The number of hydrogen-bond donors (Lipinski definition) is 1. The van der Waals surface area contributed by atoms with Crippen molar-refractivity contribution >= 4 is 17.4 Å². The lowest BCUT2D eigenvalue weighted by Gasteiger charge is -2.17. The number of nitrogens with zero attached hydrogens (tertiary/aromatic N) is 2. The van der Waals surface area contributed by atoms with E-state index in [1.807, 2.05) is 13.0 Å². The number of anilines is 2. The molecule has 4 nitrogen and oxygen atoms in total. The second kappa shape index (κ2) is 4.13. The lowest BCUT2D eigenvalue weighted by molar-refractivity contribution is -0.125. The van der Waals surface area contributed by atoms with Gasteiger partial charge in [0.2, 0.25) is 0 Å². The van der Waals surface area contributed by atoms with Gasteiger partial charge in [-0.25, -0.2) is 9.37 Å². The van der Waals surface area contributed by atoms with Crippen LogP contribution >= 0.6 is 0 Å². The monoisotopic (exact) mass is 258 g/mol. The molecule has 1 unspecified atom stereocenters. The highest BCUT2D eigenvalue weighted by atomic mass is 19.1. The van der Waals surface area contributed by atoms with E-state index in [-0.39, 0.29) is 0 Å². The first-order valence-electron chi connectivity index (χ1n) is 5.82. The van der Waals surface area contributed by atoms with E-state index >= 15 is 0 Å². The lowest BCUT2D eigenvalue weighted by Crippen LogP contribution is -2.24. The predicted molar refractivity (Wildman–Crippen MR) is 67.5 cm³/mol. The first-order chi connectivity index (χ1) is 9.09. The number of aryl methyl sites for hydroxylation is 1. The third-order valence-corrected chi connectivity index (χ3v) is 3.18. The Kier molecular flexibility index (Phi) is 2.57. The molecule has 0 saturated carbocycles. The molecule has 0 spiro atoms. The summed E-state index contributed by atoms with van der Waals surface area (Å²) in [5.41, 5.74) is 2.03. The van der Waals surface area contributed by atoms with Gasteiger partial charge in [0.05, 0.1) is 11.9 Å². The minimum absolute atomic E-state index is 0.304. The first kappa shape index (κ1) is 11.8. The molecule has 5 heteroatoms. The van der Waals surface area contributed by atoms with Crippen LogP contribution in [0.25, 0.3) is 0 Å². The Morgan fingerprint density at radius 3 is 2.79 bits per heavy atom. The van der Waals surface area contributed by atoms with E-state index in [1.54, 1.807) is 12.1 Å². The van der Waals surface area contributed by atoms with Crippen LogP contribution in [0, 0.1) is 12.7 Å². The quantitative estimate of drug-likeness (QED) is 0.853. The van der Waals surface area contributed by atoms with Crippen LogP contribution in [0.3, 0.4) is 0 Å². The maximum atomic E-state index is 12.9. The Balaban J connectivity index is 2.18. The maximum absolute atomic E-state index is 12.9. The van der Waals surface area contributed by atoms with Gasteiger partial charge in [-0.05, 0) is 24.6 Å². The summed E-state index contributed by atoms with van der Waals surface area (Å²) in [5, 5.41) is 9.97. The Hall–Kier alpha value is -2.27. The summed E-state index contributed by atoms with van der Waals surface area (Å²) in [6, 6.07) is 7.99. The summed E-state index contributed by atoms with van der Waals surface area (Å²) in [7, 11) is 0. The molecule has 2 heterocycles. The number of para-hydroxylation sites is 1. The van der Waals surface area contributed by atoms with Crippen LogP contribution in [0.2, 0.25) is 0 Å². The van der Waals surface area contributed by atoms with Crippen molar-refractivity contribution in [1.29, 1.82) is 0 Å². The second-order valence-electron chi connectivity index (χ2n) is 4.42. The van der Waals surface area contributed by atoms with E-state index in [1.165, 1.54) is 17.0 Å². The molecule has 1 aliphatic heterocycles. The number of amides is 1. The Morgan fingerprint density at radius 1 is 1.32 bits per heavy atom. The fraction of sp³-hybridized carbons (Fsp3) is 0.143. The van der Waals surface area contributed by atoms with E-state index in [2.05, 4.69) is 4.98 Å². The zero-order chi connectivity index (χ0) is 13.6. The number of aliphatic hydroxyl groups excluding tert-OH is 1. The van der Waals surface area contributed by atoms with E-state index < -0.39 is 17.8 Å². The molecule has 1 amide bonds. The summed E-state index contributed by atoms with van der Waals surface area (Å²) in [5.74, 6) is -0.636. The van der Waals surface area contributed by atoms with Gasteiger partial charge < -0.3 is 5.11 Å². The van der Waals surface area contributed by atoms with Crippen molar-refractivity contribution in [1.82, 2.24) is 4.98 Å². The molecule has 0 radical (unpaired) electrons. The molecule has 0 bridgehead atoms. The Bertz CT molecular complexity index is 655. The highest BCUT2D eigenvalue weighted by Gasteiger charge is 2.38. The minimum Gasteiger partial charge on any atom is -0.378 e. The van der Waals surface area contributed by atoms with Gasteiger partial charge in [0, 0.05) is 5.56 Å². The standard InChI is InChI=1S/C14H11FN2O2/c1-8-3-2-4-10-12(8)17(14(19)13(10)18)11-6-5-9(15)7-16-11/h2-7,13,18H,1H3. The molecular weight excluding hydrogens is 247 g/mol. The van der Waals surface area contributed by atoms with Crippen molar-refractivity contribution in [2.75, 3.05) is 4.90 Å². The first-order valence-corrected chi connectivity index (χ1v) is 5.82. The number of aromatic nitrogens is 1. The van der Waals surface area contributed by atoms with Crippen LogP contribution in [-0.4, -0.2) is 16.0 Å². The number of benzene rings is 1. The highest BCUT2D eigenvalue weighted by Crippen LogP contribution is 2.41. The van der Waals surface area contributed by atoms with E-state index in [9.17, 15) is 14.3 Å². The number of carbonyl (C=O) groups is 1. The zero-order valence-corrected chi connectivity index (χ0v) is 10.2. The number of aliphatic hydroxyl groups is 1. The van der Waals surface area contributed by atoms with Crippen molar-refractivity contribution in [3.05, 3.63) is 53.5 Å². The van der Waals surface area contributed by atoms with Crippen LogP contribution in [0.4, 0.5) is 15.9 Å². The number of fused-ring (bicyclic) bond motifs is 1. The number of carbonyl (C=O) groups excluding carboxylic acids is 1. The fourth-order valence-corrected chi connectivity index (χ4v) is 2.30. The number of pyridine rings is 1. The highest BCUT2D eigenvalue weighted by molar-refractivity contribution is 6.09.